The van der Waals surface area contributed by atoms with Crippen LogP contribution in [0.5, 0.6) is 0 Å². The van der Waals surface area contributed by atoms with Crippen molar-refractivity contribution in [3.05, 3.63) is 21.9 Å². The van der Waals surface area contributed by atoms with Crippen molar-refractivity contribution in [1.82, 2.24) is 20.4 Å². The molecule has 2 fully saturated rings. The summed E-state index contributed by atoms with van der Waals surface area (Å²) < 4.78 is 0. The van der Waals surface area contributed by atoms with Gasteiger partial charge in [-0.3, -0.25) is 14.7 Å². The highest BCUT2D eigenvalue weighted by Gasteiger charge is 2.32. The Bertz CT molecular complexity index is 697. The molecule has 4 rings (SSSR count). The first kappa shape index (κ1) is 19.7. The number of likely N-dealkylation sites (tertiary alicyclic amines) is 1. The average molecular weight is 404 g/mol. The van der Waals surface area contributed by atoms with E-state index in [9.17, 15) is 4.79 Å². The number of guanidine groups is 1. The van der Waals surface area contributed by atoms with Gasteiger partial charge in [0.15, 0.2) is 5.96 Å². The second-order valence-corrected chi connectivity index (χ2v) is 9.29. The zero-order valence-corrected chi connectivity index (χ0v) is 17.8. The molecule has 28 heavy (non-hydrogen) atoms. The Morgan fingerprint density at radius 2 is 2.14 bits per heavy atom. The lowest BCUT2D eigenvalue weighted by Gasteiger charge is -2.27. The van der Waals surface area contributed by atoms with Crippen molar-refractivity contribution < 1.29 is 4.79 Å². The lowest BCUT2D eigenvalue weighted by Crippen LogP contribution is -2.47. The normalized spacial score (nSPS) is 23.8. The van der Waals surface area contributed by atoms with E-state index >= 15 is 0 Å². The number of carbonyl (C=O) groups is 1. The minimum Gasteiger partial charge on any atom is -0.355 e. The highest BCUT2D eigenvalue weighted by molar-refractivity contribution is 7.10. The van der Waals surface area contributed by atoms with Crippen molar-refractivity contribution >= 4 is 23.2 Å². The second kappa shape index (κ2) is 9.27. The number of rotatable bonds is 5. The third kappa shape index (κ3) is 4.69. The van der Waals surface area contributed by atoms with E-state index in [0.29, 0.717) is 11.9 Å². The molecule has 3 heterocycles. The first-order valence-electron chi connectivity index (χ1n) is 10.8. The lowest BCUT2D eigenvalue weighted by atomic mass is 10.1. The first-order valence-corrected chi connectivity index (χ1v) is 11.6. The largest absolute Gasteiger partial charge is 0.355 e. The van der Waals surface area contributed by atoms with Crippen LogP contribution in [0, 0.1) is 5.92 Å². The molecule has 0 radical (unpaired) electrons. The van der Waals surface area contributed by atoms with E-state index in [-0.39, 0.29) is 5.92 Å². The fraction of sp³-hybridized carbons (Fsp3) is 0.714. The van der Waals surface area contributed by atoms with E-state index in [1.165, 1.54) is 24.8 Å². The van der Waals surface area contributed by atoms with Gasteiger partial charge in [-0.15, -0.1) is 11.3 Å². The van der Waals surface area contributed by atoms with Crippen LogP contribution in [0.4, 0.5) is 0 Å². The lowest BCUT2D eigenvalue weighted by molar-refractivity contribution is -0.134. The number of carbonyl (C=O) groups excluding carboxylic acids is 1. The highest BCUT2D eigenvalue weighted by Crippen LogP contribution is 2.28. The maximum atomic E-state index is 12.6. The summed E-state index contributed by atoms with van der Waals surface area (Å²) in [7, 11) is 1.82. The zero-order chi connectivity index (χ0) is 19.3. The molecule has 0 spiro atoms. The minimum absolute atomic E-state index is 0.282. The molecule has 1 saturated carbocycles. The molecule has 2 N–H and O–H groups in total. The van der Waals surface area contributed by atoms with E-state index < -0.39 is 0 Å². The summed E-state index contributed by atoms with van der Waals surface area (Å²) in [6, 6.07) is 2.57. The Kier molecular flexibility index (Phi) is 6.52. The molecule has 1 atom stereocenters. The van der Waals surface area contributed by atoms with E-state index in [0.717, 1.165) is 64.5 Å². The molecule has 1 aliphatic carbocycles. The molecule has 1 amide bonds. The van der Waals surface area contributed by atoms with Gasteiger partial charge in [0.1, 0.15) is 0 Å². The Balaban J connectivity index is 1.17. The van der Waals surface area contributed by atoms with Gasteiger partial charge in [0, 0.05) is 63.2 Å². The maximum absolute atomic E-state index is 12.6. The Morgan fingerprint density at radius 1 is 1.29 bits per heavy atom. The second-order valence-electron chi connectivity index (χ2n) is 8.29. The highest BCUT2D eigenvalue weighted by atomic mass is 32.1. The van der Waals surface area contributed by atoms with Crippen molar-refractivity contribution in [3.63, 3.8) is 0 Å². The number of amides is 1. The van der Waals surface area contributed by atoms with Crippen molar-refractivity contribution in [1.29, 1.82) is 0 Å². The predicted molar refractivity (Wildman–Crippen MR) is 115 cm³/mol. The van der Waals surface area contributed by atoms with Gasteiger partial charge in [0.25, 0.3) is 0 Å². The van der Waals surface area contributed by atoms with Crippen LogP contribution >= 0.6 is 11.3 Å². The molecule has 2 aliphatic heterocycles. The van der Waals surface area contributed by atoms with Gasteiger partial charge in [-0.25, -0.2) is 0 Å². The first-order chi connectivity index (χ1) is 13.7. The molecule has 0 aromatic carbocycles. The van der Waals surface area contributed by atoms with Crippen LogP contribution in [0.15, 0.2) is 16.4 Å². The molecule has 3 aliphatic rings. The number of aliphatic imine (C=N–C) groups is 1. The van der Waals surface area contributed by atoms with Crippen LogP contribution in [0.3, 0.4) is 0 Å². The number of fused-ring (bicyclic) bond motifs is 1. The van der Waals surface area contributed by atoms with Gasteiger partial charge in [0.05, 0.1) is 0 Å². The van der Waals surface area contributed by atoms with Crippen LogP contribution in [-0.4, -0.2) is 67.5 Å². The van der Waals surface area contributed by atoms with Gasteiger partial charge in [-0.2, -0.15) is 0 Å². The van der Waals surface area contributed by atoms with Crippen LogP contribution in [0.25, 0.3) is 0 Å². The van der Waals surface area contributed by atoms with Crippen LogP contribution in [0.1, 0.15) is 42.5 Å². The Labute approximate surface area is 172 Å². The Morgan fingerprint density at radius 3 is 2.96 bits per heavy atom. The molecular formula is C21H33N5OS. The summed E-state index contributed by atoms with van der Waals surface area (Å²) in [5, 5.41) is 9.18. The fourth-order valence-electron chi connectivity index (χ4n) is 4.73. The summed E-state index contributed by atoms with van der Waals surface area (Å²) in [6.07, 6.45) is 6.78. The summed E-state index contributed by atoms with van der Waals surface area (Å²) >= 11 is 1.89. The van der Waals surface area contributed by atoms with Gasteiger partial charge >= 0.3 is 0 Å². The van der Waals surface area contributed by atoms with Crippen molar-refractivity contribution in [2.75, 3.05) is 39.8 Å². The average Bonchev–Trinajstić information content (AvgIpc) is 3.47. The zero-order valence-electron chi connectivity index (χ0n) is 17.0. The number of thiophene rings is 1. The third-order valence-corrected chi connectivity index (χ3v) is 7.40. The van der Waals surface area contributed by atoms with Gasteiger partial charge in [-0.1, -0.05) is 12.8 Å². The molecule has 1 saturated heterocycles. The molecule has 154 valence electrons. The summed E-state index contributed by atoms with van der Waals surface area (Å²) in [5.41, 5.74) is 1.50. The van der Waals surface area contributed by atoms with Crippen molar-refractivity contribution in [3.8, 4) is 0 Å². The summed E-state index contributed by atoms with van der Waals surface area (Å²) in [5.74, 6) is 1.51. The number of nitrogens with one attached hydrogen (secondary N) is 2. The number of hydrogen-bond donors (Lipinski definition) is 2. The number of nitrogens with zero attached hydrogens (tertiary/aromatic N) is 3. The SMILES string of the molecule is CN=C(NCCN1CCc2sccc2C1)NC1CCN(C(=O)C2CCCC2)C1. The van der Waals surface area contributed by atoms with Crippen LogP contribution < -0.4 is 10.6 Å². The van der Waals surface area contributed by atoms with Gasteiger partial charge < -0.3 is 15.5 Å². The number of hydrogen-bond acceptors (Lipinski definition) is 4. The van der Waals surface area contributed by atoms with Crippen LogP contribution in [-0.2, 0) is 17.8 Å². The Hall–Kier alpha value is -1.60. The predicted octanol–water partition coefficient (Wildman–Crippen LogP) is 2.06. The maximum Gasteiger partial charge on any atom is 0.225 e. The smallest absolute Gasteiger partial charge is 0.225 e. The fourth-order valence-corrected chi connectivity index (χ4v) is 5.62. The minimum atomic E-state index is 0.282. The molecule has 1 aromatic heterocycles. The molecule has 0 bridgehead atoms. The summed E-state index contributed by atoms with van der Waals surface area (Å²) in [4.78, 5) is 23.1. The van der Waals surface area contributed by atoms with Crippen molar-refractivity contribution in [2.24, 2.45) is 10.9 Å². The van der Waals surface area contributed by atoms with Gasteiger partial charge in [0.2, 0.25) is 5.91 Å². The topological polar surface area (TPSA) is 60.0 Å². The molecule has 1 aromatic rings. The van der Waals surface area contributed by atoms with E-state index in [4.69, 9.17) is 0 Å². The molecule has 7 heteroatoms. The van der Waals surface area contributed by atoms with Crippen molar-refractivity contribution in [2.45, 2.75) is 51.1 Å². The molecular weight excluding hydrogens is 370 g/mol. The third-order valence-electron chi connectivity index (χ3n) is 6.38. The van der Waals surface area contributed by atoms with E-state index in [1.54, 1.807) is 4.88 Å². The standard InChI is InChI=1S/C21H33N5OS/c1-22-21(23-9-12-25-10-7-19-17(14-25)8-13-28-19)24-18-6-11-26(15-18)20(27)16-4-2-3-5-16/h8,13,16,18H,2-7,9-12,14-15H2,1H3,(H2,22,23,24). The van der Waals surface area contributed by atoms with Gasteiger partial charge in [-0.05, 0) is 42.7 Å². The monoisotopic (exact) mass is 403 g/mol. The van der Waals surface area contributed by atoms with Crippen LogP contribution in [0.2, 0.25) is 0 Å². The quantitative estimate of drug-likeness (QED) is 0.584. The molecule has 1 unspecified atom stereocenters. The summed E-state index contributed by atoms with van der Waals surface area (Å²) in [6.45, 7) is 5.79. The van der Waals surface area contributed by atoms with E-state index in [1.807, 2.05) is 18.4 Å². The molecule has 6 nitrogen and oxygen atoms in total. The van der Waals surface area contributed by atoms with E-state index in [2.05, 4.69) is 36.9 Å².